The summed E-state index contributed by atoms with van der Waals surface area (Å²) in [6, 6.07) is 21.7. The van der Waals surface area contributed by atoms with Gasteiger partial charge in [-0.3, -0.25) is 0 Å². The lowest BCUT2D eigenvalue weighted by molar-refractivity contribution is 0.150. The highest BCUT2D eigenvalue weighted by Crippen LogP contribution is 2.40. The Balaban J connectivity index is 2.15. The van der Waals surface area contributed by atoms with E-state index in [1.807, 2.05) is 0 Å². The maximum atomic E-state index is 6.96. The molecule has 1 saturated carbocycles. The van der Waals surface area contributed by atoms with Crippen LogP contribution in [0.25, 0.3) is 0 Å². The van der Waals surface area contributed by atoms with Crippen LogP contribution in [0.5, 0.6) is 0 Å². The molecule has 0 aliphatic heterocycles. The SMILES string of the molecule is C=C1CC(O[Si](c2ccccc2)(c2ccccc2)C(C)(C)C)C1. The van der Waals surface area contributed by atoms with E-state index in [9.17, 15) is 0 Å². The summed E-state index contributed by atoms with van der Waals surface area (Å²) in [5.74, 6) is 0. The Morgan fingerprint density at radius 3 is 1.65 bits per heavy atom. The summed E-state index contributed by atoms with van der Waals surface area (Å²) in [6.45, 7) is 11.1. The standard InChI is InChI=1S/C21H26OSi/c1-17-15-18(16-17)22-23(21(2,3)4,19-11-7-5-8-12-19)20-13-9-6-10-14-20/h5-14,18H,1,15-16H2,2-4H3. The van der Waals surface area contributed by atoms with Gasteiger partial charge in [0, 0.05) is 0 Å². The molecular weight excluding hydrogens is 296 g/mol. The molecule has 3 rings (SSSR count). The first-order chi connectivity index (χ1) is 10.9. The van der Waals surface area contributed by atoms with E-state index in [1.165, 1.54) is 15.9 Å². The lowest BCUT2D eigenvalue weighted by atomic mass is 9.91. The van der Waals surface area contributed by atoms with Gasteiger partial charge in [0.2, 0.25) is 0 Å². The summed E-state index contributed by atoms with van der Waals surface area (Å²) >= 11 is 0. The predicted octanol–water partition coefficient (Wildman–Crippen LogP) is 4.28. The van der Waals surface area contributed by atoms with Gasteiger partial charge in [-0.05, 0) is 28.3 Å². The zero-order valence-electron chi connectivity index (χ0n) is 14.4. The van der Waals surface area contributed by atoms with Crippen molar-refractivity contribution in [3.8, 4) is 0 Å². The Labute approximate surface area is 141 Å². The van der Waals surface area contributed by atoms with E-state index < -0.39 is 8.32 Å². The molecule has 0 N–H and O–H groups in total. The molecule has 0 saturated heterocycles. The van der Waals surface area contributed by atoms with E-state index in [1.54, 1.807) is 0 Å². The van der Waals surface area contributed by atoms with Gasteiger partial charge in [-0.1, -0.05) is 93.6 Å². The summed E-state index contributed by atoms with van der Waals surface area (Å²) in [5, 5.41) is 2.78. The second kappa shape index (κ2) is 6.10. The lowest BCUT2D eigenvalue weighted by Crippen LogP contribution is -2.68. The largest absolute Gasteiger partial charge is 0.404 e. The van der Waals surface area contributed by atoms with Crippen LogP contribution < -0.4 is 10.4 Å². The van der Waals surface area contributed by atoms with Crippen LogP contribution in [-0.4, -0.2) is 14.4 Å². The van der Waals surface area contributed by atoms with Crippen molar-refractivity contribution in [2.75, 3.05) is 0 Å². The van der Waals surface area contributed by atoms with Crippen molar-refractivity contribution in [2.45, 2.75) is 44.8 Å². The fraction of sp³-hybridized carbons (Fsp3) is 0.333. The summed E-state index contributed by atoms with van der Waals surface area (Å²) in [6.07, 6.45) is 2.32. The van der Waals surface area contributed by atoms with Crippen LogP contribution in [0.1, 0.15) is 33.6 Å². The van der Waals surface area contributed by atoms with E-state index >= 15 is 0 Å². The molecule has 2 heteroatoms. The van der Waals surface area contributed by atoms with Crippen molar-refractivity contribution in [2.24, 2.45) is 0 Å². The third-order valence-electron chi connectivity index (χ3n) is 4.79. The monoisotopic (exact) mass is 322 g/mol. The molecule has 0 radical (unpaired) electrons. The number of hydrogen-bond donors (Lipinski definition) is 0. The predicted molar refractivity (Wildman–Crippen MR) is 101 cm³/mol. The molecular formula is C21H26OSi. The quantitative estimate of drug-likeness (QED) is 0.603. The Bertz CT molecular complexity index is 622. The molecule has 0 atom stereocenters. The fourth-order valence-electron chi connectivity index (χ4n) is 3.61. The molecule has 2 aromatic carbocycles. The third kappa shape index (κ3) is 2.93. The average molecular weight is 323 g/mol. The van der Waals surface area contributed by atoms with E-state index in [4.69, 9.17) is 4.43 Å². The number of rotatable bonds is 4. The van der Waals surface area contributed by atoms with Crippen LogP contribution in [0.3, 0.4) is 0 Å². The van der Waals surface area contributed by atoms with Gasteiger partial charge >= 0.3 is 0 Å². The highest BCUT2D eigenvalue weighted by molar-refractivity contribution is 6.99. The highest BCUT2D eigenvalue weighted by atomic mass is 28.4. The van der Waals surface area contributed by atoms with E-state index in [0.29, 0.717) is 6.10 Å². The third-order valence-corrected chi connectivity index (χ3v) is 9.88. The second-order valence-electron chi connectivity index (χ2n) is 7.56. The van der Waals surface area contributed by atoms with Gasteiger partial charge in [-0.15, -0.1) is 0 Å². The van der Waals surface area contributed by atoms with Gasteiger partial charge in [-0.25, -0.2) is 0 Å². The van der Waals surface area contributed by atoms with E-state index in [-0.39, 0.29) is 5.04 Å². The van der Waals surface area contributed by atoms with Crippen LogP contribution >= 0.6 is 0 Å². The van der Waals surface area contributed by atoms with Gasteiger partial charge in [0.1, 0.15) is 0 Å². The summed E-state index contributed by atoms with van der Waals surface area (Å²) < 4.78 is 6.96. The molecule has 1 aliphatic rings. The Kier molecular flexibility index (Phi) is 4.30. The Morgan fingerprint density at radius 2 is 1.30 bits per heavy atom. The first-order valence-corrected chi connectivity index (χ1v) is 10.3. The van der Waals surface area contributed by atoms with Crippen molar-refractivity contribution >= 4 is 18.7 Å². The first-order valence-electron chi connectivity index (χ1n) is 8.39. The number of benzene rings is 2. The molecule has 1 aliphatic carbocycles. The zero-order valence-corrected chi connectivity index (χ0v) is 15.4. The minimum Gasteiger partial charge on any atom is -0.404 e. The van der Waals surface area contributed by atoms with Crippen molar-refractivity contribution in [3.05, 3.63) is 72.8 Å². The summed E-state index contributed by atoms with van der Waals surface area (Å²) in [5.41, 5.74) is 1.31. The first kappa shape index (κ1) is 16.2. The molecule has 0 heterocycles. The molecule has 0 aromatic heterocycles. The summed E-state index contributed by atoms with van der Waals surface area (Å²) in [4.78, 5) is 0. The van der Waals surface area contributed by atoms with Crippen LogP contribution in [0.4, 0.5) is 0 Å². The second-order valence-corrected chi connectivity index (χ2v) is 11.8. The van der Waals surface area contributed by atoms with Gasteiger partial charge in [0.25, 0.3) is 8.32 Å². The fourth-order valence-corrected chi connectivity index (χ4v) is 8.29. The Hall–Kier alpha value is -1.64. The van der Waals surface area contributed by atoms with Crippen LogP contribution in [-0.2, 0) is 4.43 Å². The highest BCUT2D eigenvalue weighted by Gasteiger charge is 2.52. The van der Waals surface area contributed by atoms with Crippen molar-refractivity contribution in [3.63, 3.8) is 0 Å². The molecule has 23 heavy (non-hydrogen) atoms. The molecule has 1 fully saturated rings. The Morgan fingerprint density at radius 1 is 0.870 bits per heavy atom. The minimum atomic E-state index is -2.35. The molecule has 120 valence electrons. The van der Waals surface area contributed by atoms with Crippen molar-refractivity contribution in [1.82, 2.24) is 0 Å². The maximum Gasteiger partial charge on any atom is 0.261 e. The van der Waals surface area contributed by atoms with Crippen molar-refractivity contribution < 1.29 is 4.43 Å². The van der Waals surface area contributed by atoms with Gasteiger partial charge < -0.3 is 4.43 Å². The molecule has 0 unspecified atom stereocenters. The minimum absolute atomic E-state index is 0.0621. The topological polar surface area (TPSA) is 9.23 Å². The maximum absolute atomic E-state index is 6.96. The molecule has 0 bridgehead atoms. The number of hydrogen-bond acceptors (Lipinski definition) is 1. The molecule has 0 spiro atoms. The van der Waals surface area contributed by atoms with Crippen molar-refractivity contribution in [1.29, 1.82) is 0 Å². The van der Waals surface area contributed by atoms with Gasteiger partial charge in [0.05, 0.1) is 6.10 Å². The van der Waals surface area contributed by atoms with Gasteiger partial charge in [0.15, 0.2) is 0 Å². The van der Waals surface area contributed by atoms with Crippen LogP contribution in [0.2, 0.25) is 5.04 Å². The van der Waals surface area contributed by atoms with Crippen LogP contribution in [0, 0.1) is 0 Å². The molecule has 0 amide bonds. The van der Waals surface area contributed by atoms with Gasteiger partial charge in [-0.2, -0.15) is 0 Å². The normalized spacial score (nSPS) is 16.2. The lowest BCUT2D eigenvalue weighted by Gasteiger charge is -2.47. The zero-order chi connectivity index (χ0) is 16.5. The molecule has 2 aromatic rings. The van der Waals surface area contributed by atoms with E-state index in [0.717, 1.165) is 12.8 Å². The van der Waals surface area contributed by atoms with E-state index in [2.05, 4.69) is 88.0 Å². The van der Waals surface area contributed by atoms with Crippen LogP contribution in [0.15, 0.2) is 72.8 Å². The average Bonchev–Trinajstić information content (AvgIpc) is 2.51. The summed E-state index contributed by atoms with van der Waals surface area (Å²) in [7, 11) is -2.35. The molecule has 1 nitrogen and oxygen atoms in total. The smallest absolute Gasteiger partial charge is 0.261 e.